The largest absolute Gasteiger partial charge is 0.396 e. The van der Waals surface area contributed by atoms with Gasteiger partial charge in [-0.2, -0.15) is 0 Å². The second-order valence-corrected chi connectivity index (χ2v) is 3.94. The van der Waals surface area contributed by atoms with E-state index in [0.29, 0.717) is 13.0 Å². The first kappa shape index (κ1) is 14.3. The molecule has 1 amide bonds. The van der Waals surface area contributed by atoms with E-state index < -0.39 is 6.04 Å². The van der Waals surface area contributed by atoms with Gasteiger partial charge < -0.3 is 20.9 Å². The molecule has 0 rings (SSSR count). The van der Waals surface area contributed by atoms with Gasteiger partial charge in [-0.3, -0.25) is 4.79 Å². The van der Waals surface area contributed by atoms with Crippen LogP contribution in [0.3, 0.4) is 0 Å². The average molecular weight is 218 g/mol. The summed E-state index contributed by atoms with van der Waals surface area (Å²) in [5.41, 5.74) is 5.69. The number of methoxy groups -OCH3 is 1. The molecule has 0 aliphatic rings. The summed E-state index contributed by atoms with van der Waals surface area (Å²) < 4.78 is 4.93. The van der Waals surface area contributed by atoms with Crippen molar-refractivity contribution >= 4 is 5.91 Å². The quantitative estimate of drug-likeness (QED) is 0.537. The fourth-order valence-electron chi connectivity index (χ4n) is 1.15. The summed E-state index contributed by atoms with van der Waals surface area (Å²) in [5.74, 6) is -0.0946. The van der Waals surface area contributed by atoms with E-state index >= 15 is 0 Å². The first-order valence-corrected chi connectivity index (χ1v) is 5.18. The molecule has 0 bridgehead atoms. The Morgan fingerprint density at radius 1 is 1.53 bits per heavy atom. The minimum absolute atomic E-state index is 0.0191. The van der Waals surface area contributed by atoms with Gasteiger partial charge >= 0.3 is 0 Å². The molecule has 0 saturated carbocycles. The maximum Gasteiger partial charge on any atom is 0.237 e. The first-order chi connectivity index (χ1) is 7.02. The van der Waals surface area contributed by atoms with Crippen LogP contribution in [0.25, 0.3) is 0 Å². The topological polar surface area (TPSA) is 84.6 Å². The van der Waals surface area contributed by atoms with Crippen molar-refractivity contribution in [3.63, 3.8) is 0 Å². The molecule has 15 heavy (non-hydrogen) atoms. The zero-order valence-electron chi connectivity index (χ0n) is 9.69. The van der Waals surface area contributed by atoms with Gasteiger partial charge in [-0.1, -0.05) is 13.8 Å². The molecule has 0 saturated heterocycles. The third-order valence-electron chi connectivity index (χ3n) is 2.21. The van der Waals surface area contributed by atoms with Crippen LogP contribution in [0.15, 0.2) is 0 Å². The van der Waals surface area contributed by atoms with E-state index in [0.717, 1.165) is 0 Å². The van der Waals surface area contributed by atoms with Crippen molar-refractivity contribution in [1.82, 2.24) is 5.32 Å². The number of amides is 1. The Balaban J connectivity index is 4.09. The van der Waals surface area contributed by atoms with Crippen LogP contribution in [0.5, 0.6) is 0 Å². The summed E-state index contributed by atoms with van der Waals surface area (Å²) >= 11 is 0. The molecule has 0 radical (unpaired) electrons. The summed E-state index contributed by atoms with van der Waals surface area (Å²) in [4.78, 5) is 11.6. The van der Waals surface area contributed by atoms with Gasteiger partial charge in [-0.05, 0) is 12.3 Å². The smallest absolute Gasteiger partial charge is 0.237 e. The van der Waals surface area contributed by atoms with E-state index in [1.165, 1.54) is 0 Å². The molecule has 0 aromatic heterocycles. The lowest BCUT2D eigenvalue weighted by Gasteiger charge is -2.21. The Morgan fingerprint density at radius 3 is 2.53 bits per heavy atom. The van der Waals surface area contributed by atoms with Crippen molar-refractivity contribution in [1.29, 1.82) is 0 Å². The Hall–Kier alpha value is -0.650. The maximum atomic E-state index is 11.6. The number of carbonyl (C=O) groups is 1. The third-order valence-corrected chi connectivity index (χ3v) is 2.21. The molecule has 0 aliphatic heterocycles. The number of hydrogen-bond acceptors (Lipinski definition) is 4. The average Bonchev–Trinajstić information content (AvgIpc) is 2.17. The SMILES string of the molecule is COCC(CCO)NC(=O)[C@H](N)C(C)C. The van der Waals surface area contributed by atoms with Crippen LogP contribution in [0.2, 0.25) is 0 Å². The number of nitrogens with two attached hydrogens (primary N) is 1. The van der Waals surface area contributed by atoms with Crippen molar-refractivity contribution in [3.8, 4) is 0 Å². The predicted molar refractivity (Wildman–Crippen MR) is 58.3 cm³/mol. The standard InChI is InChI=1S/C10H22N2O3/c1-7(2)9(11)10(14)12-8(4-5-13)6-15-3/h7-9,13H,4-6,11H2,1-3H3,(H,12,14)/t8?,9-/m1/s1. The van der Waals surface area contributed by atoms with Gasteiger partial charge in [0.25, 0.3) is 0 Å². The number of aliphatic hydroxyl groups is 1. The van der Waals surface area contributed by atoms with Crippen LogP contribution >= 0.6 is 0 Å². The summed E-state index contributed by atoms with van der Waals surface area (Å²) in [6, 6.07) is -0.680. The second kappa shape index (κ2) is 7.62. The Labute approximate surface area is 91.0 Å². The highest BCUT2D eigenvalue weighted by Gasteiger charge is 2.20. The fourth-order valence-corrected chi connectivity index (χ4v) is 1.15. The predicted octanol–water partition coefficient (Wildman–Crippen LogP) is -0.517. The number of aliphatic hydroxyl groups excluding tert-OH is 1. The zero-order chi connectivity index (χ0) is 11.8. The molecule has 0 spiro atoms. The van der Waals surface area contributed by atoms with E-state index in [1.54, 1.807) is 7.11 Å². The molecular weight excluding hydrogens is 196 g/mol. The summed E-state index contributed by atoms with van der Waals surface area (Å²) in [6.07, 6.45) is 0.477. The van der Waals surface area contributed by atoms with Gasteiger partial charge in [0.05, 0.1) is 18.7 Å². The van der Waals surface area contributed by atoms with E-state index in [9.17, 15) is 4.79 Å². The van der Waals surface area contributed by atoms with Crippen LogP contribution in [0.1, 0.15) is 20.3 Å². The monoisotopic (exact) mass is 218 g/mol. The molecule has 4 N–H and O–H groups in total. The number of ether oxygens (including phenoxy) is 1. The van der Waals surface area contributed by atoms with Crippen molar-refractivity contribution in [2.75, 3.05) is 20.3 Å². The highest BCUT2D eigenvalue weighted by molar-refractivity contribution is 5.82. The minimum atomic E-state index is -0.511. The van der Waals surface area contributed by atoms with Crippen molar-refractivity contribution in [2.24, 2.45) is 11.7 Å². The van der Waals surface area contributed by atoms with E-state index in [-0.39, 0.29) is 24.5 Å². The summed E-state index contributed by atoms with van der Waals surface area (Å²) in [5, 5.41) is 11.5. The van der Waals surface area contributed by atoms with Gasteiger partial charge in [0.15, 0.2) is 0 Å². The molecule has 0 heterocycles. The highest BCUT2D eigenvalue weighted by Crippen LogP contribution is 2.00. The number of hydrogen-bond donors (Lipinski definition) is 3. The molecule has 0 aliphatic carbocycles. The normalized spacial score (nSPS) is 15.1. The zero-order valence-corrected chi connectivity index (χ0v) is 9.69. The maximum absolute atomic E-state index is 11.6. The van der Waals surface area contributed by atoms with Gasteiger partial charge in [-0.15, -0.1) is 0 Å². The van der Waals surface area contributed by atoms with Crippen LogP contribution in [-0.4, -0.2) is 43.4 Å². The van der Waals surface area contributed by atoms with Crippen LogP contribution in [0.4, 0.5) is 0 Å². The Morgan fingerprint density at radius 2 is 2.13 bits per heavy atom. The molecule has 5 nitrogen and oxygen atoms in total. The Bertz CT molecular complexity index is 180. The number of carbonyl (C=O) groups excluding carboxylic acids is 1. The molecule has 0 aromatic carbocycles. The van der Waals surface area contributed by atoms with Crippen LogP contribution in [0, 0.1) is 5.92 Å². The molecule has 5 heteroatoms. The van der Waals surface area contributed by atoms with E-state index in [4.69, 9.17) is 15.6 Å². The van der Waals surface area contributed by atoms with E-state index in [1.807, 2.05) is 13.8 Å². The van der Waals surface area contributed by atoms with E-state index in [2.05, 4.69) is 5.32 Å². The minimum Gasteiger partial charge on any atom is -0.396 e. The van der Waals surface area contributed by atoms with Crippen LogP contribution < -0.4 is 11.1 Å². The van der Waals surface area contributed by atoms with Crippen molar-refractivity contribution in [2.45, 2.75) is 32.4 Å². The van der Waals surface area contributed by atoms with Gasteiger partial charge in [0.2, 0.25) is 5.91 Å². The lowest BCUT2D eigenvalue weighted by molar-refractivity contribution is -0.124. The molecule has 90 valence electrons. The first-order valence-electron chi connectivity index (χ1n) is 5.18. The second-order valence-electron chi connectivity index (χ2n) is 3.94. The van der Waals surface area contributed by atoms with Crippen molar-refractivity contribution < 1.29 is 14.6 Å². The van der Waals surface area contributed by atoms with Crippen molar-refractivity contribution in [3.05, 3.63) is 0 Å². The van der Waals surface area contributed by atoms with Gasteiger partial charge in [-0.25, -0.2) is 0 Å². The molecule has 0 fully saturated rings. The lowest BCUT2D eigenvalue weighted by Crippen LogP contribution is -2.49. The van der Waals surface area contributed by atoms with Crippen LogP contribution in [-0.2, 0) is 9.53 Å². The summed E-state index contributed by atoms with van der Waals surface area (Å²) in [7, 11) is 1.55. The molecule has 0 aromatic rings. The number of rotatable bonds is 7. The molecular formula is C10H22N2O3. The Kier molecular flexibility index (Phi) is 7.29. The number of nitrogens with one attached hydrogen (secondary N) is 1. The molecule has 2 atom stereocenters. The molecule has 1 unspecified atom stereocenters. The van der Waals surface area contributed by atoms with Gasteiger partial charge in [0.1, 0.15) is 0 Å². The highest BCUT2D eigenvalue weighted by atomic mass is 16.5. The lowest BCUT2D eigenvalue weighted by atomic mass is 10.0. The fraction of sp³-hybridized carbons (Fsp3) is 0.900. The summed E-state index contributed by atoms with van der Waals surface area (Å²) in [6.45, 7) is 4.19. The van der Waals surface area contributed by atoms with Gasteiger partial charge in [0, 0.05) is 13.7 Å². The third kappa shape index (κ3) is 5.71.